The van der Waals surface area contributed by atoms with E-state index in [1.165, 1.54) is 41.2 Å². The van der Waals surface area contributed by atoms with Gasteiger partial charge in [0.15, 0.2) is 11.5 Å². The first-order valence-electron chi connectivity index (χ1n) is 13.0. The third-order valence-electron chi connectivity index (χ3n) is 7.02. The molecular weight excluding hydrogens is 549 g/mol. The van der Waals surface area contributed by atoms with E-state index < -0.39 is 16.9 Å². The summed E-state index contributed by atoms with van der Waals surface area (Å²) in [5, 5.41) is 11.0. The van der Waals surface area contributed by atoms with Crippen molar-refractivity contribution in [3.63, 3.8) is 0 Å². The number of pyridine rings is 1. The zero-order valence-corrected chi connectivity index (χ0v) is 23.9. The van der Waals surface area contributed by atoms with Crippen molar-refractivity contribution >= 4 is 34.4 Å². The molecule has 1 N–H and O–H groups in total. The molecule has 10 nitrogen and oxygen atoms in total. The number of fused-ring (bicyclic) bond motifs is 1. The van der Waals surface area contributed by atoms with Crippen molar-refractivity contribution in [2.45, 2.75) is 39.2 Å². The van der Waals surface area contributed by atoms with Crippen LogP contribution in [0.2, 0.25) is 5.02 Å². The summed E-state index contributed by atoms with van der Waals surface area (Å²) in [5.74, 6) is -0.718. The lowest BCUT2D eigenvalue weighted by molar-refractivity contribution is -0.126. The molecule has 1 aromatic carbocycles. The molecule has 0 spiro atoms. The van der Waals surface area contributed by atoms with Gasteiger partial charge in [-0.3, -0.25) is 9.78 Å². The number of rotatable bonds is 4. The summed E-state index contributed by atoms with van der Waals surface area (Å²) in [7, 11) is 0. The van der Waals surface area contributed by atoms with Crippen LogP contribution >= 0.6 is 11.6 Å². The standard InChI is InChI=1S/C29H29ClFN7O3/c1-6-21(40)36-12-13-37(16(2)15-36)25-17-14-18(30)23(22-19(31)8-7-9-20(22)39)34-26(17)38(28(41)35-25)27-24(29(3,4)5)32-10-11-33-27/h6-11,14,16,39H,1,12-13,15H2,2-5H3/t16-/m0/s1. The van der Waals surface area contributed by atoms with E-state index in [9.17, 15) is 19.1 Å². The van der Waals surface area contributed by atoms with Crippen molar-refractivity contribution in [3.8, 4) is 22.8 Å². The lowest BCUT2D eigenvalue weighted by atomic mass is 9.91. The van der Waals surface area contributed by atoms with Crippen LogP contribution in [0.4, 0.5) is 10.2 Å². The first-order valence-corrected chi connectivity index (χ1v) is 13.4. The third-order valence-corrected chi connectivity index (χ3v) is 7.30. The van der Waals surface area contributed by atoms with Crippen LogP contribution in [0.3, 0.4) is 0 Å². The molecule has 4 heterocycles. The number of halogens is 2. The number of phenols is 1. The lowest BCUT2D eigenvalue weighted by Crippen LogP contribution is -2.54. The van der Waals surface area contributed by atoms with Gasteiger partial charge in [0.05, 0.1) is 27.4 Å². The zero-order chi connectivity index (χ0) is 29.6. The van der Waals surface area contributed by atoms with Gasteiger partial charge in [0.2, 0.25) is 5.91 Å². The van der Waals surface area contributed by atoms with Crippen LogP contribution in [0.25, 0.3) is 28.1 Å². The fraction of sp³-hybridized carbons (Fsp3) is 0.310. The first-order chi connectivity index (χ1) is 19.4. The van der Waals surface area contributed by atoms with E-state index >= 15 is 0 Å². The number of anilines is 1. The summed E-state index contributed by atoms with van der Waals surface area (Å²) < 4.78 is 16.2. The minimum atomic E-state index is -0.728. The molecule has 3 aromatic heterocycles. The topological polar surface area (TPSA) is 117 Å². The molecular formula is C29H29ClFN7O3. The minimum absolute atomic E-state index is 0.0456. The molecule has 0 bridgehead atoms. The second-order valence-corrected chi connectivity index (χ2v) is 11.3. The SMILES string of the molecule is C=CC(=O)N1CCN(c2nc(=O)n(-c3nccnc3C(C)(C)C)c3nc(-c4c(O)cccc4F)c(Cl)cc23)[C@@H](C)C1. The van der Waals surface area contributed by atoms with Crippen LogP contribution in [0.15, 0.2) is 54.1 Å². The van der Waals surface area contributed by atoms with Crippen molar-refractivity contribution in [1.82, 2.24) is 29.4 Å². The maximum atomic E-state index is 15.0. The Bertz CT molecular complexity index is 1730. The minimum Gasteiger partial charge on any atom is -0.507 e. The Labute approximate surface area is 240 Å². The molecule has 1 aliphatic rings. The molecule has 1 saturated heterocycles. The van der Waals surface area contributed by atoms with E-state index in [2.05, 4.69) is 26.5 Å². The monoisotopic (exact) mass is 577 g/mol. The molecule has 1 fully saturated rings. The molecule has 12 heteroatoms. The number of piperazine rings is 1. The van der Waals surface area contributed by atoms with Crippen LogP contribution in [0.5, 0.6) is 5.75 Å². The maximum Gasteiger partial charge on any atom is 0.357 e. The van der Waals surface area contributed by atoms with Gasteiger partial charge in [-0.05, 0) is 31.2 Å². The highest BCUT2D eigenvalue weighted by molar-refractivity contribution is 6.34. The van der Waals surface area contributed by atoms with Gasteiger partial charge in [0.25, 0.3) is 0 Å². The van der Waals surface area contributed by atoms with Crippen molar-refractivity contribution in [2.75, 3.05) is 24.5 Å². The van der Waals surface area contributed by atoms with E-state index in [1.54, 1.807) is 11.0 Å². The number of hydrogen-bond acceptors (Lipinski definition) is 8. The number of hydrogen-bond donors (Lipinski definition) is 1. The highest BCUT2D eigenvalue weighted by Gasteiger charge is 2.31. The van der Waals surface area contributed by atoms with Gasteiger partial charge in [0.1, 0.15) is 17.4 Å². The van der Waals surface area contributed by atoms with Crippen molar-refractivity contribution in [1.29, 1.82) is 0 Å². The highest BCUT2D eigenvalue weighted by Crippen LogP contribution is 2.39. The molecule has 0 unspecified atom stereocenters. The zero-order valence-electron chi connectivity index (χ0n) is 23.1. The Morgan fingerprint density at radius 3 is 2.56 bits per heavy atom. The largest absolute Gasteiger partial charge is 0.507 e. The Balaban J connectivity index is 1.82. The van der Waals surface area contributed by atoms with Gasteiger partial charge in [-0.15, -0.1) is 0 Å². The van der Waals surface area contributed by atoms with E-state index in [0.717, 1.165) is 0 Å². The van der Waals surface area contributed by atoms with Gasteiger partial charge in [-0.2, -0.15) is 4.98 Å². The number of carbonyl (C=O) groups excluding carboxylic acids is 1. The van der Waals surface area contributed by atoms with Crippen LogP contribution in [-0.4, -0.2) is 66.1 Å². The summed E-state index contributed by atoms with van der Waals surface area (Å²) in [4.78, 5) is 47.8. The highest BCUT2D eigenvalue weighted by atomic mass is 35.5. The molecule has 41 heavy (non-hydrogen) atoms. The molecule has 212 valence electrons. The predicted molar refractivity (Wildman–Crippen MR) is 155 cm³/mol. The number of aromatic hydroxyl groups is 1. The quantitative estimate of drug-likeness (QED) is 0.358. The molecule has 5 rings (SSSR count). The summed E-state index contributed by atoms with van der Waals surface area (Å²) in [5.41, 5.74) is -0.781. The van der Waals surface area contributed by atoms with Gasteiger partial charge >= 0.3 is 5.69 Å². The van der Waals surface area contributed by atoms with Gasteiger partial charge in [-0.25, -0.2) is 23.7 Å². The number of aromatic nitrogens is 5. The molecule has 1 aliphatic heterocycles. The molecule has 1 amide bonds. The summed E-state index contributed by atoms with van der Waals surface area (Å²) in [6.45, 7) is 12.5. The van der Waals surface area contributed by atoms with Crippen LogP contribution in [0, 0.1) is 5.82 Å². The number of benzene rings is 1. The average molecular weight is 578 g/mol. The number of nitrogens with zero attached hydrogens (tertiary/aromatic N) is 7. The second kappa shape index (κ2) is 10.5. The van der Waals surface area contributed by atoms with E-state index in [0.29, 0.717) is 36.5 Å². The molecule has 4 aromatic rings. The Morgan fingerprint density at radius 2 is 1.90 bits per heavy atom. The molecule has 0 saturated carbocycles. The number of phenolic OH excluding ortho intramolecular Hbond substituents is 1. The maximum absolute atomic E-state index is 15.0. The average Bonchev–Trinajstić information content (AvgIpc) is 2.92. The van der Waals surface area contributed by atoms with Crippen molar-refractivity contribution in [3.05, 3.63) is 76.3 Å². The van der Waals surface area contributed by atoms with Crippen LogP contribution in [0.1, 0.15) is 33.4 Å². The van der Waals surface area contributed by atoms with Gasteiger partial charge in [0, 0.05) is 43.5 Å². The van der Waals surface area contributed by atoms with Crippen LogP contribution in [-0.2, 0) is 10.2 Å². The van der Waals surface area contributed by atoms with E-state index in [4.69, 9.17) is 11.6 Å². The fourth-order valence-corrected chi connectivity index (χ4v) is 5.31. The number of amides is 1. The first kappa shape index (κ1) is 28.2. The Hall–Kier alpha value is -4.38. The van der Waals surface area contributed by atoms with Crippen molar-refractivity contribution in [2.24, 2.45) is 0 Å². The van der Waals surface area contributed by atoms with Crippen molar-refractivity contribution < 1.29 is 14.3 Å². The fourth-order valence-electron chi connectivity index (χ4n) is 5.06. The summed E-state index contributed by atoms with van der Waals surface area (Å²) >= 11 is 6.69. The van der Waals surface area contributed by atoms with Crippen LogP contribution < -0.4 is 10.6 Å². The normalized spacial score (nSPS) is 15.8. The van der Waals surface area contributed by atoms with E-state index in [1.807, 2.05) is 32.6 Å². The lowest BCUT2D eigenvalue weighted by Gasteiger charge is -2.40. The molecule has 0 radical (unpaired) electrons. The molecule has 0 aliphatic carbocycles. The summed E-state index contributed by atoms with van der Waals surface area (Å²) in [6.07, 6.45) is 4.28. The van der Waals surface area contributed by atoms with Gasteiger partial charge < -0.3 is 14.9 Å². The number of carbonyl (C=O) groups is 1. The van der Waals surface area contributed by atoms with Gasteiger partial charge in [-0.1, -0.05) is 45.0 Å². The summed E-state index contributed by atoms with van der Waals surface area (Å²) in [6, 6.07) is 5.24. The van der Waals surface area contributed by atoms with E-state index in [-0.39, 0.29) is 45.4 Å². The third kappa shape index (κ3) is 5.01. The smallest absolute Gasteiger partial charge is 0.357 e. The Kier molecular flexibility index (Phi) is 7.24. The Morgan fingerprint density at radius 1 is 1.17 bits per heavy atom. The predicted octanol–water partition coefficient (Wildman–Crippen LogP) is 4.26. The molecule has 1 atom stereocenters. The second-order valence-electron chi connectivity index (χ2n) is 10.9.